The molecule has 0 aromatic heterocycles. The van der Waals surface area contributed by atoms with Gasteiger partial charge in [0.2, 0.25) is 5.92 Å². The summed E-state index contributed by atoms with van der Waals surface area (Å²) in [6, 6.07) is 0.793. The first kappa shape index (κ1) is 9.75. The number of hydrogen-bond acceptors (Lipinski definition) is 3. The van der Waals surface area contributed by atoms with Gasteiger partial charge in [0.05, 0.1) is 13.2 Å². The number of ether oxygens (including phenoxy) is 1. The third-order valence-electron chi connectivity index (χ3n) is 0.893. The van der Waals surface area contributed by atoms with Gasteiger partial charge in [-0.1, -0.05) is 0 Å². The Kier molecular flexibility index (Phi) is 2.87. The molecule has 0 spiro atoms. The molecule has 0 fully saturated rings. The number of carbonyl (C=O) groups is 1. The first-order valence-electron chi connectivity index (χ1n) is 2.47. The summed E-state index contributed by atoms with van der Waals surface area (Å²) in [5.74, 6) is -4.26. The van der Waals surface area contributed by atoms with Crippen LogP contribution in [0.5, 0.6) is 0 Å². The zero-order valence-electron chi connectivity index (χ0n) is 5.47. The summed E-state index contributed by atoms with van der Waals surface area (Å²) in [5, 5.41) is 7.89. The summed E-state index contributed by atoms with van der Waals surface area (Å²) in [6.45, 7) is 0. The average Bonchev–Trinajstić information content (AvgIpc) is 1.86. The van der Waals surface area contributed by atoms with Crippen molar-refractivity contribution < 1.29 is 22.7 Å². The topological polar surface area (TPSA) is 50.1 Å². The van der Waals surface area contributed by atoms with Gasteiger partial charge in [-0.15, -0.1) is 0 Å². The Labute approximate surface area is 60.4 Å². The van der Waals surface area contributed by atoms with Crippen molar-refractivity contribution in [3.63, 3.8) is 0 Å². The maximum atomic E-state index is 11.6. The van der Waals surface area contributed by atoms with E-state index in [1.165, 1.54) is 0 Å². The third kappa shape index (κ3) is 2.45. The summed E-state index contributed by atoms with van der Waals surface area (Å²) in [5.41, 5.74) is 0. The van der Waals surface area contributed by atoms with Crippen LogP contribution in [0.1, 0.15) is 0 Å². The second-order valence-electron chi connectivity index (χ2n) is 1.63. The maximum absolute atomic E-state index is 11.6. The molecule has 0 saturated heterocycles. The monoisotopic (exact) mass is 167 g/mol. The Morgan fingerprint density at radius 3 is 2.18 bits per heavy atom. The van der Waals surface area contributed by atoms with E-state index in [2.05, 4.69) is 4.74 Å². The van der Waals surface area contributed by atoms with Gasteiger partial charge in [0.1, 0.15) is 0 Å². The number of alkyl halides is 3. The van der Waals surface area contributed by atoms with Crippen molar-refractivity contribution in [1.82, 2.24) is 0 Å². The van der Waals surface area contributed by atoms with Crippen molar-refractivity contribution in [1.29, 1.82) is 5.26 Å². The number of rotatable bonds is 1. The number of nitrogens with zero attached hydrogens (tertiary/aromatic N) is 1. The molecule has 0 heterocycles. The molecule has 0 saturated carbocycles. The molecule has 6 heteroatoms. The van der Waals surface area contributed by atoms with Crippen molar-refractivity contribution in [2.24, 2.45) is 5.92 Å². The van der Waals surface area contributed by atoms with Crippen molar-refractivity contribution in [3.8, 4) is 6.07 Å². The molecule has 0 aromatic rings. The van der Waals surface area contributed by atoms with Gasteiger partial charge in [-0.3, -0.25) is 4.79 Å². The quantitative estimate of drug-likeness (QED) is 0.544. The molecule has 0 bridgehead atoms. The first-order chi connectivity index (χ1) is 4.93. The summed E-state index contributed by atoms with van der Waals surface area (Å²) in [7, 11) is 0.790. The Morgan fingerprint density at radius 2 is 2.09 bits per heavy atom. The van der Waals surface area contributed by atoms with E-state index in [1.807, 2.05) is 0 Å². The molecule has 62 valence electrons. The number of hydrogen-bond donors (Lipinski definition) is 0. The number of halogens is 3. The third-order valence-corrected chi connectivity index (χ3v) is 0.893. The minimum Gasteiger partial charge on any atom is -0.468 e. The van der Waals surface area contributed by atoms with Gasteiger partial charge in [-0.25, -0.2) is 0 Å². The lowest BCUT2D eigenvalue weighted by Gasteiger charge is -2.09. The van der Waals surface area contributed by atoms with Gasteiger partial charge < -0.3 is 4.74 Å². The minimum atomic E-state index is -4.85. The van der Waals surface area contributed by atoms with Crippen molar-refractivity contribution >= 4 is 5.97 Å². The summed E-state index contributed by atoms with van der Waals surface area (Å²) in [4.78, 5) is 10.2. The molecule has 0 N–H and O–H groups in total. The number of carbonyl (C=O) groups excluding carboxylic acids is 1. The van der Waals surface area contributed by atoms with Gasteiger partial charge in [-0.2, -0.15) is 18.4 Å². The Bertz CT molecular complexity index is 193. The Hall–Kier alpha value is -1.25. The zero-order chi connectivity index (χ0) is 9.07. The van der Waals surface area contributed by atoms with Crippen molar-refractivity contribution in [2.45, 2.75) is 6.18 Å². The van der Waals surface area contributed by atoms with Gasteiger partial charge in [0.15, 0.2) is 0 Å². The van der Waals surface area contributed by atoms with E-state index in [1.54, 1.807) is 0 Å². The molecule has 0 aliphatic rings. The highest BCUT2D eigenvalue weighted by Crippen LogP contribution is 2.26. The molecule has 11 heavy (non-hydrogen) atoms. The van der Waals surface area contributed by atoms with Crippen LogP contribution in [0.15, 0.2) is 0 Å². The van der Waals surface area contributed by atoms with Crippen LogP contribution >= 0.6 is 0 Å². The second-order valence-corrected chi connectivity index (χ2v) is 1.63. The standard InChI is InChI=1S/C5H4F3NO2/c1-11-4(10)3(2-9)5(6,7)8/h3H,1H3/t3-/m0/s1. The normalized spacial score (nSPS) is 13.4. The lowest BCUT2D eigenvalue weighted by atomic mass is 10.2. The molecule has 0 amide bonds. The van der Waals surface area contributed by atoms with Crippen LogP contribution in [0, 0.1) is 17.2 Å². The van der Waals surface area contributed by atoms with Gasteiger partial charge in [0.25, 0.3) is 0 Å². The fourth-order valence-electron chi connectivity index (χ4n) is 0.377. The smallest absolute Gasteiger partial charge is 0.415 e. The van der Waals surface area contributed by atoms with Gasteiger partial charge >= 0.3 is 12.1 Å². The SMILES string of the molecule is COC(=O)[C@H](C#N)C(F)(F)F. The van der Waals surface area contributed by atoms with E-state index in [-0.39, 0.29) is 0 Å². The molecule has 0 aromatic carbocycles. The molecule has 0 unspecified atom stereocenters. The molecular formula is C5H4F3NO2. The van der Waals surface area contributed by atoms with Crippen LogP contribution < -0.4 is 0 Å². The van der Waals surface area contributed by atoms with E-state index in [4.69, 9.17) is 5.26 Å². The first-order valence-corrected chi connectivity index (χ1v) is 2.47. The van der Waals surface area contributed by atoms with Gasteiger partial charge in [-0.05, 0) is 0 Å². The van der Waals surface area contributed by atoms with Gasteiger partial charge in [0, 0.05) is 0 Å². The van der Waals surface area contributed by atoms with Crippen LogP contribution in [0.3, 0.4) is 0 Å². The number of esters is 1. The fraction of sp³-hybridized carbons (Fsp3) is 0.600. The average molecular weight is 167 g/mol. The Morgan fingerprint density at radius 1 is 1.64 bits per heavy atom. The molecule has 0 rings (SSSR count). The van der Waals surface area contributed by atoms with E-state index in [9.17, 15) is 18.0 Å². The predicted molar refractivity (Wildman–Crippen MR) is 27.2 cm³/mol. The summed E-state index contributed by atoms with van der Waals surface area (Å²) >= 11 is 0. The van der Waals surface area contributed by atoms with Crippen molar-refractivity contribution in [3.05, 3.63) is 0 Å². The van der Waals surface area contributed by atoms with E-state index >= 15 is 0 Å². The molecule has 1 atom stereocenters. The number of methoxy groups -OCH3 is 1. The van der Waals surface area contributed by atoms with Crippen LogP contribution in [0.25, 0.3) is 0 Å². The zero-order valence-corrected chi connectivity index (χ0v) is 5.47. The predicted octanol–water partition coefficient (Wildman–Crippen LogP) is 0.861. The fourth-order valence-corrected chi connectivity index (χ4v) is 0.377. The highest BCUT2D eigenvalue weighted by atomic mass is 19.4. The van der Waals surface area contributed by atoms with Crippen molar-refractivity contribution in [2.75, 3.05) is 7.11 Å². The van der Waals surface area contributed by atoms with Crippen LogP contribution in [0.2, 0.25) is 0 Å². The molecule has 0 radical (unpaired) electrons. The van der Waals surface area contributed by atoms with Crippen LogP contribution in [-0.4, -0.2) is 19.3 Å². The molecule has 0 aliphatic carbocycles. The summed E-state index contributed by atoms with van der Waals surface area (Å²) < 4.78 is 38.7. The summed E-state index contributed by atoms with van der Waals surface area (Å²) in [6.07, 6.45) is -4.85. The lowest BCUT2D eigenvalue weighted by molar-refractivity contribution is -0.184. The largest absolute Gasteiger partial charge is 0.468 e. The van der Waals surface area contributed by atoms with E-state index < -0.39 is 18.1 Å². The molecule has 3 nitrogen and oxygen atoms in total. The molecule has 0 aliphatic heterocycles. The lowest BCUT2D eigenvalue weighted by Crippen LogP contribution is -2.30. The molecular weight excluding hydrogens is 163 g/mol. The van der Waals surface area contributed by atoms with Crippen LogP contribution in [-0.2, 0) is 9.53 Å². The Balaban J connectivity index is 4.45. The van der Waals surface area contributed by atoms with Crippen LogP contribution in [0.4, 0.5) is 13.2 Å². The maximum Gasteiger partial charge on any atom is 0.415 e. The second kappa shape index (κ2) is 3.23. The highest BCUT2D eigenvalue weighted by Gasteiger charge is 2.46. The number of nitriles is 1. The van der Waals surface area contributed by atoms with E-state index in [0.717, 1.165) is 13.2 Å². The highest BCUT2D eigenvalue weighted by molar-refractivity contribution is 5.75. The minimum absolute atomic E-state index is 0.790. The van der Waals surface area contributed by atoms with E-state index in [0.29, 0.717) is 0 Å².